The van der Waals surface area contributed by atoms with Crippen LogP contribution in [-0.4, -0.2) is 19.2 Å². The summed E-state index contributed by atoms with van der Waals surface area (Å²) in [6.45, 7) is 0.623. The molecule has 1 fully saturated rings. The summed E-state index contributed by atoms with van der Waals surface area (Å²) in [4.78, 5) is 12.3. The number of carbonyl (C=O) groups is 1. The number of benzene rings is 2. The molecule has 3 rings (SSSR count). The summed E-state index contributed by atoms with van der Waals surface area (Å²) in [5.74, 6) is -0.115. The van der Waals surface area contributed by atoms with E-state index < -0.39 is 0 Å². The van der Waals surface area contributed by atoms with Gasteiger partial charge in [-0.05, 0) is 42.0 Å². The van der Waals surface area contributed by atoms with Gasteiger partial charge in [0.2, 0.25) is 0 Å². The van der Waals surface area contributed by atoms with Gasteiger partial charge in [-0.25, -0.2) is 0 Å². The molecule has 24 heavy (non-hydrogen) atoms. The lowest BCUT2D eigenvalue weighted by atomic mass is 9.71. The van der Waals surface area contributed by atoms with Crippen molar-refractivity contribution in [2.45, 2.75) is 31.5 Å². The third-order valence-electron chi connectivity index (χ3n) is 4.59. The number of ether oxygens (including phenoxy) is 2. The maximum absolute atomic E-state index is 12.3. The van der Waals surface area contributed by atoms with Gasteiger partial charge < -0.3 is 9.47 Å². The average Bonchev–Trinajstić information content (AvgIpc) is 2.57. The molecule has 0 aromatic heterocycles. The van der Waals surface area contributed by atoms with Gasteiger partial charge in [0.05, 0.1) is 25.7 Å². The van der Waals surface area contributed by atoms with Crippen molar-refractivity contribution in [3.63, 3.8) is 0 Å². The van der Waals surface area contributed by atoms with E-state index >= 15 is 0 Å². The van der Waals surface area contributed by atoms with Crippen molar-refractivity contribution < 1.29 is 14.3 Å². The molecule has 2 aromatic rings. The van der Waals surface area contributed by atoms with Gasteiger partial charge in [-0.3, -0.25) is 4.79 Å². The van der Waals surface area contributed by atoms with E-state index in [9.17, 15) is 4.79 Å². The van der Waals surface area contributed by atoms with Gasteiger partial charge in [-0.1, -0.05) is 58.4 Å². The quantitative estimate of drug-likeness (QED) is 0.672. The first-order valence-electron chi connectivity index (χ1n) is 8.16. The maximum atomic E-state index is 12.3. The number of methoxy groups -OCH3 is 1. The standard InChI is InChI=1S/C20H21BrO3/c1-23-20(22)19(15-8-5-9-17(21)10-15)16-11-18(12-16)24-13-14-6-3-2-4-7-14/h2-10,16,18-19H,11-13H2,1H3. The van der Waals surface area contributed by atoms with Crippen LogP contribution < -0.4 is 0 Å². The molecular formula is C20H21BrO3. The predicted octanol–water partition coefficient (Wildman–Crippen LogP) is 4.70. The SMILES string of the molecule is COC(=O)C(c1cccc(Br)c1)C1CC(OCc2ccccc2)C1. The van der Waals surface area contributed by atoms with E-state index in [1.165, 1.54) is 12.7 Å². The van der Waals surface area contributed by atoms with Crippen molar-refractivity contribution in [1.82, 2.24) is 0 Å². The highest BCUT2D eigenvalue weighted by Crippen LogP contribution is 2.42. The van der Waals surface area contributed by atoms with Crippen LogP contribution in [0.3, 0.4) is 0 Å². The second-order valence-corrected chi connectivity index (χ2v) is 7.12. The van der Waals surface area contributed by atoms with Crippen LogP contribution in [0.2, 0.25) is 0 Å². The summed E-state index contributed by atoms with van der Waals surface area (Å²) < 4.78 is 12.0. The molecule has 3 nitrogen and oxygen atoms in total. The molecule has 1 aliphatic rings. The topological polar surface area (TPSA) is 35.5 Å². The zero-order valence-corrected chi connectivity index (χ0v) is 15.2. The Morgan fingerprint density at radius 1 is 1.17 bits per heavy atom. The lowest BCUT2D eigenvalue weighted by Crippen LogP contribution is -2.38. The molecule has 1 unspecified atom stereocenters. The van der Waals surface area contributed by atoms with E-state index in [-0.39, 0.29) is 23.9 Å². The molecule has 1 saturated carbocycles. The fraction of sp³-hybridized carbons (Fsp3) is 0.350. The molecule has 0 heterocycles. The van der Waals surface area contributed by atoms with Crippen LogP contribution in [0.25, 0.3) is 0 Å². The monoisotopic (exact) mass is 388 g/mol. The normalized spacial score (nSPS) is 20.9. The van der Waals surface area contributed by atoms with Crippen molar-refractivity contribution in [3.8, 4) is 0 Å². The Labute approximate surface area is 151 Å². The van der Waals surface area contributed by atoms with Gasteiger partial charge in [0, 0.05) is 4.47 Å². The molecule has 0 radical (unpaired) electrons. The Morgan fingerprint density at radius 2 is 1.92 bits per heavy atom. The first-order chi connectivity index (χ1) is 11.7. The second-order valence-electron chi connectivity index (χ2n) is 6.21. The fourth-order valence-electron chi connectivity index (χ4n) is 3.23. The lowest BCUT2D eigenvalue weighted by molar-refractivity contribution is -0.147. The van der Waals surface area contributed by atoms with Gasteiger partial charge in [0.25, 0.3) is 0 Å². The van der Waals surface area contributed by atoms with Crippen molar-refractivity contribution >= 4 is 21.9 Å². The van der Waals surface area contributed by atoms with Crippen LogP contribution in [0.1, 0.15) is 29.9 Å². The molecular weight excluding hydrogens is 368 g/mol. The number of carbonyl (C=O) groups excluding carboxylic acids is 1. The van der Waals surface area contributed by atoms with Crippen molar-refractivity contribution in [1.29, 1.82) is 0 Å². The Hall–Kier alpha value is -1.65. The third-order valence-corrected chi connectivity index (χ3v) is 5.09. The summed E-state index contributed by atoms with van der Waals surface area (Å²) in [6.07, 6.45) is 1.99. The summed E-state index contributed by atoms with van der Waals surface area (Å²) in [7, 11) is 1.45. The Bertz CT molecular complexity index is 680. The van der Waals surface area contributed by atoms with Gasteiger partial charge in [0.15, 0.2) is 0 Å². The molecule has 0 amide bonds. The zero-order chi connectivity index (χ0) is 16.9. The first kappa shape index (κ1) is 17.2. The summed E-state index contributed by atoms with van der Waals surface area (Å²) in [5, 5.41) is 0. The molecule has 1 atom stereocenters. The minimum absolute atomic E-state index is 0.167. The lowest BCUT2D eigenvalue weighted by Gasteiger charge is -2.39. The van der Waals surface area contributed by atoms with Crippen LogP contribution in [0.4, 0.5) is 0 Å². The number of hydrogen-bond donors (Lipinski definition) is 0. The Morgan fingerprint density at radius 3 is 2.58 bits per heavy atom. The largest absolute Gasteiger partial charge is 0.469 e. The maximum Gasteiger partial charge on any atom is 0.313 e. The number of rotatable bonds is 6. The van der Waals surface area contributed by atoms with E-state index in [0.29, 0.717) is 6.61 Å². The van der Waals surface area contributed by atoms with Crippen LogP contribution in [0, 0.1) is 5.92 Å². The highest BCUT2D eigenvalue weighted by Gasteiger charge is 2.40. The second kappa shape index (κ2) is 7.95. The Balaban J connectivity index is 1.59. The van der Waals surface area contributed by atoms with E-state index in [1.54, 1.807) is 0 Å². The van der Waals surface area contributed by atoms with E-state index in [4.69, 9.17) is 9.47 Å². The van der Waals surface area contributed by atoms with E-state index in [0.717, 1.165) is 22.9 Å². The van der Waals surface area contributed by atoms with Gasteiger partial charge >= 0.3 is 5.97 Å². The summed E-state index contributed by atoms with van der Waals surface area (Å²) >= 11 is 3.48. The smallest absolute Gasteiger partial charge is 0.313 e. The van der Waals surface area contributed by atoms with E-state index in [1.807, 2.05) is 42.5 Å². The number of halogens is 1. The highest BCUT2D eigenvalue weighted by molar-refractivity contribution is 9.10. The number of hydrogen-bond acceptors (Lipinski definition) is 3. The first-order valence-corrected chi connectivity index (χ1v) is 8.95. The van der Waals surface area contributed by atoms with E-state index in [2.05, 4.69) is 28.1 Å². The van der Waals surface area contributed by atoms with Crippen LogP contribution in [0.5, 0.6) is 0 Å². The van der Waals surface area contributed by atoms with Crippen molar-refractivity contribution in [2.24, 2.45) is 5.92 Å². The molecule has 4 heteroatoms. The molecule has 126 valence electrons. The van der Waals surface area contributed by atoms with Crippen LogP contribution in [0.15, 0.2) is 59.1 Å². The summed E-state index contributed by atoms with van der Waals surface area (Å²) in [6, 6.07) is 18.1. The van der Waals surface area contributed by atoms with Crippen LogP contribution >= 0.6 is 15.9 Å². The molecule has 0 bridgehead atoms. The van der Waals surface area contributed by atoms with Crippen LogP contribution in [-0.2, 0) is 20.9 Å². The highest BCUT2D eigenvalue weighted by atomic mass is 79.9. The summed E-state index contributed by atoms with van der Waals surface area (Å²) in [5.41, 5.74) is 2.18. The molecule has 2 aromatic carbocycles. The molecule has 0 aliphatic heterocycles. The zero-order valence-electron chi connectivity index (χ0n) is 13.7. The minimum atomic E-state index is -0.218. The molecule has 0 N–H and O–H groups in total. The van der Waals surface area contributed by atoms with Crippen molar-refractivity contribution in [3.05, 3.63) is 70.2 Å². The molecule has 0 spiro atoms. The van der Waals surface area contributed by atoms with Gasteiger partial charge in [-0.15, -0.1) is 0 Å². The van der Waals surface area contributed by atoms with Gasteiger partial charge in [-0.2, -0.15) is 0 Å². The number of esters is 1. The molecule has 0 saturated heterocycles. The predicted molar refractivity (Wildman–Crippen MR) is 96.6 cm³/mol. The van der Waals surface area contributed by atoms with Gasteiger partial charge in [0.1, 0.15) is 0 Å². The Kier molecular flexibility index (Phi) is 5.69. The minimum Gasteiger partial charge on any atom is -0.469 e. The fourth-order valence-corrected chi connectivity index (χ4v) is 3.65. The average molecular weight is 389 g/mol. The third kappa shape index (κ3) is 4.05. The van der Waals surface area contributed by atoms with Crippen molar-refractivity contribution in [2.75, 3.05) is 7.11 Å². The molecule has 1 aliphatic carbocycles.